The summed E-state index contributed by atoms with van der Waals surface area (Å²) < 4.78 is 6.41. The van der Waals surface area contributed by atoms with Crippen molar-refractivity contribution in [2.24, 2.45) is 0 Å². The van der Waals surface area contributed by atoms with E-state index < -0.39 is 5.76 Å². The number of hydrogen-bond acceptors (Lipinski definition) is 3. The second-order valence-electron chi connectivity index (χ2n) is 4.66. The minimum atomic E-state index is -0.685. The van der Waals surface area contributed by atoms with Crippen LogP contribution in [0.2, 0.25) is 0 Å². The quantitative estimate of drug-likeness (QED) is 0.724. The number of aromatic nitrogens is 1. The minimum Gasteiger partial charge on any atom is -0.408 e. The Labute approximate surface area is 120 Å². The summed E-state index contributed by atoms with van der Waals surface area (Å²) in [7, 11) is 0. The third-order valence-corrected chi connectivity index (χ3v) is 3.29. The fourth-order valence-corrected chi connectivity index (χ4v) is 2.22. The van der Waals surface area contributed by atoms with Gasteiger partial charge in [-0.1, -0.05) is 48.5 Å². The van der Waals surface area contributed by atoms with Crippen molar-refractivity contribution in [2.45, 2.75) is 6.92 Å². The van der Waals surface area contributed by atoms with Crippen molar-refractivity contribution < 1.29 is 4.42 Å². The Morgan fingerprint density at radius 2 is 1.43 bits per heavy atom. The summed E-state index contributed by atoms with van der Waals surface area (Å²) in [5, 5.41) is 0. The Balaban J connectivity index is 2.27. The smallest absolute Gasteiger partial charge is 0.408 e. The minimum absolute atomic E-state index is 0.317. The topological polar surface area (TPSA) is 52.2 Å². The van der Waals surface area contributed by atoms with Crippen molar-refractivity contribution in [1.82, 2.24) is 4.57 Å². The van der Waals surface area contributed by atoms with Crippen LogP contribution in [0.1, 0.15) is 5.56 Å². The summed E-state index contributed by atoms with van der Waals surface area (Å²) in [6.45, 7) is 1.66. The van der Waals surface area contributed by atoms with Crippen LogP contribution in [0, 0.1) is 6.92 Å². The van der Waals surface area contributed by atoms with Gasteiger partial charge in [0.15, 0.2) is 0 Å². The molecule has 0 saturated heterocycles. The zero-order valence-electron chi connectivity index (χ0n) is 11.4. The highest BCUT2D eigenvalue weighted by atomic mass is 16.4. The Hall–Kier alpha value is -2.88. The second-order valence-corrected chi connectivity index (χ2v) is 4.66. The highest BCUT2D eigenvalue weighted by Gasteiger charge is 2.15. The molecule has 0 aliphatic carbocycles. The maximum atomic E-state index is 12.5. The van der Waals surface area contributed by atoms with Gasteiger partial charge in [0.1, 0.15) is 5.76 Å². The molecule has 2 aromatic carbocycles. The highest BCUT2D eigenvalue weighted by molar-refractivity contribution is 5.60. The van der Waals surface area contributed by atoms with E-state index in [1.165, 1.54) is 0 Å². The largest absolute Gasteiger partial charge is 0.426 e. The zero-order chi connectivity index (χ0) is 14.8. The van der Waals surface area contributed by atoms with Gasteiger partial charge < -0.3 is 4.42 Å². The lowest BCUT2D eigenvalue weighted by molar-refractivity contribution is 0.467. The van der Waals surface area contributed by atoms with Gasteiger partial charge in [0.2, 0.25) is 0 Å². The molecule has 0 bridgehead atoms. The van der Waals surface area contributed by atoms with Gasteiger partial charge in [0.05, 0.1) is 11.3 Å². The summed E-state index contributed by atoms with van der Waals surface area (Å²) in [5.41, 5.74) is 1.25. The monoisotopic (exact) mass is 279 g/mol. The van der Waals surface area contributed by atoms with Crippen molar-refractivity contribution in [3.05, 3.63) is 87.1 Å². The van der Waals surface area contributed by atoms with Gasteiger partial charge >= 0.3 is 5.76 Å². The van der Waals surface area contributed by atoms with E-state index >= 15 is 0 Å². The van der Waals surface area contributed by atoms with E-state index in [1.807, 2.05) is 24.3 Å². The van der Waals surface area contributed by atoms with Gasteiger partial charge in [0, 0.05) is 5.56 Å². The molecule has 0 aliphatic heterocycles. The van der Waals surface area contributed by atoms with Crippen LogP contribution in [0.4, 0.5) is 0 Å². The SMILES string of the molecule is Cc1c(-c2ccccc2)oc(=O)n(-c2ccccc2)c1=O. The summed E-state index contributed by atoms with van der Waals surface area (Å²) >= 11 is 0. The van der Waals surface area contributed by atoms with E-state index in [0.717, 1.165) is 4.57 Å². The third-order valence-electron chi connectivity index (χ3n) is 3.29. The van der Waals surface area contributed by atoms with Crippen LogP contribution in [0.25, 0.3) is 17.0 Å². The molecule has 104 valence electrons. The molecule has 1 heterocycles. The molecule has 4 heteroatoms. The maximum Gasteiger partial charge on any atom is 0.426 e. The molecule has 0 atom stereocenters. The number of benzene rings is 2. The second kappa shape index (κ2) is 5.25. The molecule has 0 unspecified atom stereocenters. The van der Waals surface area contributed by atoms with E-state index in [4.69, 9.17) is 4.42 Å². The summed E-state index contributed by atoms with van der Waals surface area (Å²) in [4.78, 5) is 24.7. The van der Waals surface area contributed by atoms with Gasteiger partial charge in [-0.3, -0.25) is 4.79 Å². The number of nitrogens with zero attached hydrogens (tertiary/aromatic N) is 1. The molecule has 0 saturated carbocycles. The predicted octanol–water partition coefficient (Wildman–Crippen LogP) is 2.77. The molecule has 3 aromatic rings. The first-order chi connectivity index (χ1) is 10.2. The fourth-order valence-electron chi connectivity index (χ4n) is 2.22. The molecule has 0 aliphatic rings. The number of para-hydroxylation sites is 1. The van der Waals surface area contributed by atoms with Crippen molar-refractivity contribution in [1.29, 1.82) is 0 Å². The van der Waals surface area contributed by atoms with Crippen LogP contribution in [-0.2, 0) is 0 Å². The summed E-state index contributed by atoms with van der Waals surface area (Å²) in [5.74, 6) is -0.367. The molecular weight excluding hydrogens is 266 g/mol. The normalized spacial score (nSPS) is 10.5. The first kappa shape index (κ1) is 13.1. The van der Waals surface area contributed by atoms with Crippen molar-refractivity contribution in [3.8, 4) is 17.0 Å². The summed E-state index contributed by atoms with van der Waals surface area (Å²) in [6.07, 6.45) is 0. The average Bonchev–Trinajstić information content (AvgIpc) is 2.53. The molecule has 0 N–H and O–H groups in total. The molecule has 0 amide bonds. The van der Waals surface area contributed by atoms with Gasteiger partial charge in [-0.2, -0.15) is 0 Å². The van der Waals surface area contributed by atoms with Crippen LogP contribution >= 0.6 is 0 Å². The zero-order valence-corrected chi connectivity index (χ0v) is 11.4. The van der Waals surface area contributed by atoms with E-state index in [9.17, 15) is 9.59 Å². The number of rotatable bonds is 2. The number of hydrogen-bond donors (Lipinski definition) is 0. The first-order valence-electron chi connectivity index (χ1n) is 6.56. The van der Waals surface area contributed by atoms with E-state index in [0.29, 0.717) is 22.6 Å². The van der Waals surface area contributed by atoms with Crippen LogP contribution < -0.4 is 11.3 Å². The van der Waals surface area contributed by atoms with E-state index in [1.54, 1.807) is 43.3 Å². The predicted molar refractivity (Wildman–Crippen MR) is 80.7 cm³/mol. The fraction of sp³-hybridized carbons (Fsp3) is 0.0588. The van der Waals surface area contributed by atoms with Crippen LogP contribution in [-0.4, -0.2) is 4.57 Å². The maximum absolute atomic E-state index is 12.5. The standard InChI is InChI=1S/C17H13NO3/c1-12-15(13-8-4-2-5-9-13)21-17(20)18(16(12)19)14-10-6-3-7-11-14/h2-11H,1H3. The molecule has 3 rings (SSSR count). The molecule has 0 spiro atoms. The van der Waals surface area contributed by atoms with Crippen molar-refractivity contribution in [3.63, 3.8) is 0 Å². The molecule has 1 aromatic heterocycles. The van der Waals surface area contributed by atoms with Gasteiger partial charge in [-0.15, -0.1) is 0 Å². The lowest BCUT2D eigenvalue weighted by Gasteiger charge is -2.08. The average molecular weight is 279 g/mol. The third kappa shape index (κ3) is 2.31. The van der Waals surface area contributed by atoms with Gasteiger partial charge in [0.25, 0.3) is 5.56 Å². The Morgan fingerprint density at radius 1 is 0.857 bits per heavy atom. The van der Waals surface area contributed by atoms with E-state index in [2.05, 4.69) is 0 Å². The van der Waals surface area contributed by atoms with Crippen molar-refractivity contribution in [2.75, 3.05) is 0 Å². The van der Waals surface area contributed by atoms with Crippen LogP contribution in [0.5, 0.6) is 0 Å². The molecule has 0 radical (unpaired) electrons. The van der Waals surface area contributed by atoms with Crippen molar-refractivity contribution >= 4 is 0 Å². The molecule has 21 heavy (non-hydrogen) atoms. The van der Waals surface area contributed by atoms with Crippen LogP contribution in [0.3, 0.4) is 0 Å². The Bertz CT molecular complexity index is 877. The van der Waals surface area contributed by atoms with Gasteiger partial charge in [-0.25, -0.2) is 9.36 Å². The Kier molecular flexibility index (Phi) is 3.28. The lowest BCUT2D eigenvalue weighted by Crippen LogP contribution is -2.32. The van der Waals surface area contributed by atoms with E-state index in [-0.39, 0.29) is 5.56 Å². The molecule has 4 nitrogen and oxygen atoms in total. The summed E-state index contributed by atoms with van der Waals surface area (Å²) in [6, 6.07) is 17.9. The molecular formula is C17H13NO3. The molecule has 0 fully saturated rings. The highest BCUT2D eigenvalue weighted by Crippen LogP contribution is 2.19. The first-order valence-corrected chi connectivity index (χ1v) is 6.56. The lowest BCUT2D eigenvalue weighted by atomic mass is 10.1. The van der Waals surface area contributed by atoms with Gasteiger partial charge in [-0.05, 0) is 19.1 Å². The Morgan fingerprint density at radius 3 is 2.05 bits per heavy atom. The van der Waals surface area contributed by atoms with Crippen LogP contribution in [0.15, 0.2) is 74.7 Å².